The number of hydrogen-bond acceptors (Lipinski definition) is 8. The molecule has 4 aliphatic rings. The molecule has 2 aromatic rings. The molecule has 0 bridgehead atoms. The lowest BCUT2D eigenvalue weighted by Crippen LogP contribution is -2.41. The highest BCUT2D eigenvalue weighted by molar-refractivity contribution is 7.92. The van der Waals surface area contributed by atoms with Crippen LogP contribution in [0.4, 0.5) is 28.4 Å². The fourth-order valence-electron chi connectivity index (χ4n) is 6.56. The zero-order valence-electron chi connectivity index (χ0n) is 24.0. The van der Waals surface area contributed by atoms with E-state index in [0.717, 1.165) is 69.0 Å². The van der Waals surface area contributed by atoms with Gasteiger partial charge in [0.2, 0.25) is 10.0 Å². The number of aliphatic hydroxyl groups excluding tert-OH is 1. The molecule has 3 heterocycles. The fraction of sp³-hybridized carbons (Fsp3) is 0.567. The van der Waals surface area contributed by atoms with Gasteiger partial charge in [-0.1, -0.05) is 0 Å². The van der Waals surface area contributed by atoms with Crippen LogP contribution in [0.2, 0.25) is 0 Å². The number of sulfonamides is 1. The van der Waals surface area contributed by atoms with Gasteiger partial charge in [-0.05, 0) is 80.3 Å². The highest BCUT2D eigenvalue weighted by Gasteiger charge is 2.44. The summed E-state index contributed by atoms with van der Waals surface area (Å²) in [6, 6.07) is 9.24. The first-order valence-electron chi connectivity index (χ1n) is 14.7. The molecule has 2 saturated heterocycles. The van der Waals surface area contributed by atoms with E-state index >= 15 is 0 Å². The Labute approximate surface area is 242 Å². The maximum Gasteiger partial charge on any atom is 0.257 e. The Morgan fingerprint density at radius 2 is 1.78 bits per heavy atom. The van der Waals surface area contributed by atoms with Crippen molar-refractivity contribution < 1.29 is 23.1 Å². The third kappa shape index (κ3) is 5.98. The number of nitrogens with one attached hydrogen (secondary N) is 2. The SMILES string of the molecule is C[C@@H]1CN(c2cc(NC(=O)c3ccc(NS(=O)(=O)CCO)cc3N3CCC4(CC3)CC4)cc3c2N(C)CC3)CCO1. The third-order valence-corrected chi connectivity index (χ3v) is 10.4. The minimum absolute atomic E-state index is 0.138. The van der Waals surface area contributed by atoms with E-state index in [4.69, 9.17) is 9.84 Å². The molecule has 3 fully saturated rings. The lowest BCUT2D eigenvalue weighted by atomic mass is 9.93. The number of nitrogens with zero attached hydrogens (tertiary/aromatic N) is 3. The first-order valence-corrected chi connectivity index (χ1v) is 16.4. The Morgan fingerprint density at radius 1 is 1.02 bits per heavy atom. The van der Waals surface area contributed by atoms with E-state index in [9.17, 15) is 13.2 Å². The van der Waals surface area contributed by atoms with Gasteiger partial charge in [-0.15, -0.1) is 0 Å². The lowest BCUT2D eigenvalue weighted by Gasteiger charge is -2.35. The molecule has 0 radical (unpaired) electrons. The van der Waals surface area contributed by atoms with Gasteiger partial charge in [0.1, 0.15) is 0 Å². The summed E-state index contributed by atoms with van der Waals surface area (Å²) in [6.07, 6.45) is 5.76. The normalized spacial score (nSPS) is 21.6. The first-order chi connectivity index (χ1) is 19.7. The number of carbonyl (C=O) groups is 1. The third-order valence-electron chi connectivity index (χ3n) is 9.10. The molecule has 11 heteroatoms. The van der Waals surface area contributed by atoms with Crippen LogP contribution in [0.15, 0.2) is 30.3 Å². The largest absolute Gasteiger partial charge is 0.395 e. The molecular formula is C30H41N5O5S. The minimum atomic E-state index is -3.69. The molecule has 2 aromatic carbocycles. The topological polar surface area (TPSA) is 114 Å². The van der Waals surface area contributed by atoms with Gasteiger partial charge in [0.05, 0.1) is 53.4 Å². The number of amides is 1. The molecule has 3 N–H and O–H groups in total. The number of ether oxygens (including phenoxy) is 1. The summed E-state index contributed by atoms with van der Waals surface area (Å²) in [5, 5.41) is 12.3. The van der Waals surface area contributed by atoms with Crippen LogP contribution in [0.1, 0.15) is 48.5 Å². The number of likely N-dealkylation sites (N-methyl/N-ethyl adjacent to an activating group) is 1. The fourth-order valence-corrected chi connectivity index (χ4v) is 7.38. The van der Waals surface area contributed by atoms with Gasteiger partial charge in [-0.2, -0.15) is 0 Å². The molecule has 1 spiro atoms. The van der Waals surface area contributed by atoms with Gasteiger partial charge in [-0.25, -0.2) is 8.42 Å². The Balaban J connectivity index is 1.30. The van der Waals surface area contributed by atoms with Crippen molar-refractivity contribution in [3.8, 4) is 0 Å². The minimum Gasteiger partial charge on any atom is -0.395 e. The van der Waals surface area contributed by atoms with E-state index in [1.807, 2.05) is 0 Å². The van der Waals surface area contributed by atoms with Crippen molar-refractivity contribution in [3.63, 3.8) is 0 Å². The van der Waals surface area contributed by atoms with Crippen LogP contribution >= 0.6 is 0 Å². The monoisotopic (exact) mass is 583 g/mol. The van der Waals surface area contributed by atoms with Crippen molar-refractivity contribution in [1.82, 2.24) is 0 Å². The van der Waals surface area contributed by atoms with Crippen LogP contribution in [0.25, 0.3) is 0 Å². The molecular weight excluding hydrogens is 542 g/mol. The highest BCUT2D eigenvalue weighted by Crippen LogP contribution is 2.54. The number of benzene rings is 2. The zero-order valence-corrected chi connectivity index (χ0v) is 24.8. The maximum absolute atomic E-state index is 13.9. The van der Waals surface area contributed by atoms with Gasteiger partial charge in [0.15, 0.2) is 0 Å². The van der Waals surface area contributed by atoms with Crippen LogP contribution in [-0.4, -0.2) is 84.3 Å². The molecule has 41 heavy (non-hydrogen) atoms. The van der Waals surface area contributed by atoms with Crippen LogP contribution in [-0.2, 0) is 21.2 Å². The second-order valence-electron chi connectivity index (χ2n) is 12.1. The van der Waals surface area contributed by atoms with Crippen molar-refractivity contribution in [2.75, 3.05) is 83.5 Å². The summed E-state index contributed by atoms with van der Waals surface area (Å²) < 4.78 is 33.1. The Kier molecular flexibility index (Phi) is 7.54. The van der Waals surface area contributed by atoms with Gasteiger partial charge in [0.25, 0.3) is 5.91 Å². The molecule has 0 aromatic heterocycles. The number of rotatable bonds is 8. The molecule has 1 atom stereocenters. The van der Waals surface area contributed by atoms with E-state index in [2.05, 4.69) is 50.8 Å². The summed E-state index contributed by atoms with van der Waals surface area (Å²) >= 11 is 0. The first kappa shape index (κ1) is 28.1. The van der Waals surface area contributed by atoms with E-state index < -0.39 is 16.6 Å². The Bertz CT molecular complexity index is 1420. The standard InChI is InChI=1S/C30H41N5O5S/c1-21-20-35(13-15-40-21)27-19-24(17-22-5-10-33(2)28(22)27)31-29(37)25-4-3-23(32-41(38,39)16-14-36)18-26(25)34-11-8-30(6-7-30)9-12-34/h3-4,17-19,21,32,36H,5-16,20H2,1-2H3,(H,31,37)/t21-/m1/s1. The summed E-state index contributed by atoms with van der Waals surface area (Å²) in [6.45, 7) is 6.50. The van der Waals surface area contributed by atoms with Crippen molar-refractivity contribution in [3.05, 3.63) is 41.5 Å². The summed E-state index contributed by atoms with van der Waals surface area (Å²) in [4.78, 5) is 20.7. The quantitative estimate of drug-likeness (QED) is 0.434. The van der Waals surface area contributed by atoms with E-state index in [-0.39, 0.29) is 17.8 Å². The molecule has 1 aliphatic carbocycles. The van der Waals surface area contributed by atoms with Crippen molar-refractivity contribution in [2.45, 2.75) is 45.1 Å². The van der Waals surface area contributed by atoms with Gasteiger partial charge in [-0.3, -0.25) is 9.52 Å². The number of piperidine rings is 1. The average Bonchev–Trinajstić information content (AvgIpc) is 3.59. The second-order valence-corrected chi connectivity index (χ2v) is 14.0. The summed E-state index contributed by atoms with van der Waals surface area (Å²) in [7, 11) is -1.57. The maximum atomic E-state index is 13.9. The van der Waals surface area contributed by atoms with Crippen LogP contribution in [0, 0.1) is 5.41 Å². The zero-order chi connectivity index (χ0) is 28.8. The number of anilines is 5. The molecule has 0 unspecified atom stereocenters. The second kappa shape index (κ2) is 11.0. The van der Waals surface area contributed by atoms with Gasteiger partial charge >= 0.3 is 0 Å². The predicted molar refractivity (Wildman–Crippen MR) is 163 cm³/mol. The van der Waals surface area contributed by atoms with E-state index in [0.29, 0.717) is 23.3 Å². The number of fused-ring (bicyclic) bond motifs is 1. The van der Waals surface area contributed by atoms with Crippen LogP contribution in [0.5, 0.6) is 0 Å². The van der Waals surface area contributed by atoms with Crippen molar-refractivity contribution >= 4 is 44.4 Å². The Morgan fingerprint density at radius 3 is 2.49 bits per heavy atom. The number of aliphatic hydroxyl groups is 1. The van der Waals surface area contributed by atoms with E-state index in [1.165, 1.54) is 24.1 Å². The number of hydrogen-bond donors (Lipinski definition) is 3. The van der Waals surface area contributed by atoms with Crippen LogP contribution < -0.4 is 24.7 Å². The molecule has 6 rings (SSSR count). The molecule has 1 amide bonds. The smallest absolute Gasteiger partial charge is 0.257 e. The van der Waals surface area contributed by atoms with Gasteiger partial charge < -0.3 is 29.9 Å². The summed E-state index contributed by atoms with van der Waals surface area (Å²) in [5.41, 5.74) is 6.41. The van der Waals surface area contributed by atoms with E-state index in [1.54, 1.807) is 18.2 Å². The molecule has 3 aliphatic heterocycles. The van der Waals surface area contributed by atoms with Crippen molar-refractivity contribution in [2.24, 2.45) is 5.41 Å². The van der Waals surface area contributed by atoms with Crippen LogP contribution in [0.3, 0.4) is 0 Å². The average molecular weight is 584 g/mol. The molecule has 10 nitrogen and oxygen atoms in total. The highest BCUT2D eigenvalue weighted by atomic mass is 32.2. The lowest BCUT2D eigenvalue weighted by molar-refractivity contribution is 0.0532. The van der Waals surface area contributed by atoms with Crippen molar-refractivity contribution in [1.29, 1.82) is 0 Å². The Hall–Kier alpha value is -3.02. The van der Waals surface area contributed by atoms with Gasteiger partial charge in [0, 0.05) is 45.5 Å². The number of morpholine rings is 1. The number of carbonyl (C=O) groups excluding carboxylic acids is 1. The summed E-state index contributed by atoms with van der Waals surface area (Å²) in [5.74, 6) is -0.599. The predicted octanol–water partition coefficient (Wildman–Crippen LogP) is 3.27. The molecule has 222 valence electrons. The molecule has 1 saturated carbocycles.